The molecule has 0 saturated heterocycles. The zero-order valence-electron chi connectivity index (χ0n) is 12.9. The Balaban J connectivity index is 1.81. The first-order valence-electron chi connectivity index (χ1n) is 7.49. The number of nitrogens with one attached hydrogen (secondary N) is 1. The minimum atomic E-state index is -0.0230. The summed E-state index contributed by atoms with van der Waals surface area (Å²) in [6.45, 7) is 4.49. The lowest BCUT2D eigenvalue weighted by molar-refractivity contribution is -0.682. The van der Waals surface area contributed by atoms with Crippen molar-refractivity contribution in [1.29, 1.82) is 0 Å². The van der Waals surface area contributed by atoms with E-state index in [9.17, 15) is 4.79 Å². The van der Waals surface area contributed by atoms with E-state index in [1.165, 1.54) is 5.56 Å². The minimum Gasteiger partial charge on any atom is -0.345 e. The van der Waals surface area contributed by atoms with Crippen molar-refractivity contribution in [2.45, 2.75) is 25.9 Å². The van der Waals surface area contributed by atoms with Crippen LogP contribution in [-0.4, -0.2) is 12.5 Å². The molecule has 2 rings (SSSR count). The van der Waals surface area contributed by atoms with Crippen molar-refractivity contribution >= 4 is 17.5 Å². The zero-order valence-corrected chi connectivity index (χ0v) is 13.7. The van der Waals surface area contributed by atoms with Gasteiger partial charge >= 0.3 is 0 Å². The third-order valence-corrected chi connectivity index (χ3v) is 3.98. The Kier molecular flexibility index (Phi) is 5.99. The largest absolute Gasteiger partial charge is 0.345 e. The maximum atomic E-state index is 12.1. The van der Waals surface area contributed by atoms with Crippen LogP contribution in [0.15, 0.2) is 54.6 Å². The van der Waals surface area contributed by atoms with E-state index in [0.29, 0.717) is 11.6 Å². The highest BCUT2D eigenvalue weighted by molar-refractivity contribution is 6.30. The summed E-state index contributed by atoms with van der Waals surface area (Å²) in [5.74, 6) is 0.0326. The van der Waals surface area contributed by atoms with Gasteiger partial charge in [-0.15, -0.1) is 0 Å². The highest BCUT2D eigenvalue weighted by atomic mass is 35.5. The van der Waals surface area contributed by atoms with Crippen LogP contribution in [0, 0.1) is 0 Å². The number of hydrogen-bond acceptors (Lipinski definition) is 1. The first-order valence-corrected chi connectivity index (χ1v) is 7.87. The standard InChI is InChI=1S/C18H21ClN2O/c1-13(15-6-4-3-5-7-15)20-12-18(22)21-14(2)16-8-10-17(19)11-9-16/h3-11,13-14,20H,12H2,1-2H3,(H,21,22)/p+1/t13-,14-/m0/s1. The van der Waals surface area contributed by atoms with Crippen LogP contribution in [0.4, 0.5) is 0 Å². The highest BCUT2D eigenvalue weighted by Gasteiger charge is 2.13. The second-order valence-corrected chi connectivity index (χ2v) is 5.92. The number of hydrogen-bond donors (Lipinski definition) is 2. The second kappa shape index (κ2) is 7.97. The molecule has 116 valence electrons. The van der Waals surface area contributed by atoms with E-state index in [1.807, 2.05) is 54.7 Å². The normalized spacial score (nSPS) is 13.4. The molecule has 0 aliphatic carbocycles. The number of nitrogens with two attached hydrogens (primary N) is 1. The number of benzene rings is 2. The van der Waals surface area contributed by atoms with Crippen LogP contribution in [0.2, 0.25) is 5.02 Å². The molecule has 1 amide bonds. The predicted molar refractivity (Wildman–Crippen MR) is 89.7 cm³/mol. The summed E-state index contributed by atoms with van der Waals surface area (Å²) in [6.07, 6.45) is 0. The quantitative estimate of drug-likeness (QED) is 0.845. The molecule has 3 nitrogen and oxygen atoms in total. The minimum absolute atomic E-state index is 0.0230. The molecule has 0 spiro atoms. The maximum Gasteiger partial charge on any atom is 0.275 e. The Hall–Kier alpha value is -1.84. The van der Waals surface area contributed by atoms with Gasteiger partial charge in [-0.3, -0.25) is 4.79 Å². The van der Waals surface area contributed by atoms with Crippen molar-refractivity contribution in [3.05, 3.63) is 70.7 Å². The summed E-state index contributed by atoms with van der Waals surface area (Å²) in [7, 11) is 0. The average molecular weight is 318 g/mol. The smallest absolute Gasteiger partial charge is 0.275 e. The summed E-state index contributed by atoms with van der Waals surface area (Å²) >= 11 is 5.87. The Bertz CT molecular complexity index is 598. The lowest BCUT2D eigenvalue weighted by Crippen LogP contribution is -2.87. The van der Waals surface area contributed by atoms with Gasteiger partial charge in [0, 0.05) is 10.6 Å². The number of quaternary nitrogens is 1. The summed E-state index contributed by atoms with van der Waals surface area (Å²) in [5, 5.41) is 5.75. The molecule has 22 heavy (non-hydrogen) atoms. The van der Waals surface area contributed by atoms with Crippen LogP contribution in [-0.2, 0) is 4.79 Å². The fourth-order valence-corrected chi connectivity index (χ4v) is 2.44. The van der Waals surface area contributed by atoms with Crippen molar-refractivity contribution in [3.8, 4) is 0 Å². The van der Waals surface area contributed by atoms with Crippen molar-refractivity contribution < 1.29 is 10.1 Å². The van der Waals surface area contributed by atoms with Crippen LogP contribution < -0.4 is 10.6 Å². The van der Waals surface area contributed by atoms with Gasteiger partial charge in [0.05, 0.1) is 6.04 Å². The molecule has 0 unspecified atom stereocenters. The summed E-state index contributed by atoms with van der Waals surface area (Å²) < 4.78 is 0. The Labute approximate surface area is 136 Å². The lowest BCUT2D eigenvalue weighted by atomic mass is 10.1. The molecule has 0 saturated carbocycles. The molecule has 0 fully saturated rings. The topological polar surface area (TPSA) is 45.7 Å². The molecule has 3 N–H and O–H groups in total. The average Bonchev–Trinajstić information content (AvgIpc) is 2.54. The SMILES string of the molecule is C[C@H](NC(=O)C[NH2+][C@@H](C)c1ccccc1)c1ccc(Cl)cc1. The van der Waals surface area contributed by atoms with Crippen LogP contribution >= 0.6 is 11.6 Å². The lowest BCUT2D eigenvalue weighted by Gasteiger charge is -2.15. The molecular weight excluding hydrogens is 296 g/mol. The van der Waals surface area contributed by atoms with Crippen LogP contribution in [0.5, 0.6) is 0 Å². The number of amides is 1. The molecule has 0 heterocycles. The molecule has 2 aromatic rings. The van der Waals surface area contributed by atoms with E-state index in [-0.39, 0.29) is 18.0 Å². The first-order chi connectivity index (χ1) is 10.6. The van der Waals surface area contributed by atoms with Gasteiger partial charge < -0.3 is 10.6 Å². The Morgan fingerprint density at radius 3 is 2.32 bits per heavy atom. The van der Waals surface area contributed by atoms with Crippen molar-refractivity contribution in [3.63, 3.8) is 0 Å². The Morgan fingerprint density at radius 1 is 1.05 bits per heavy atom. The van der Waals surface area contributed by atoms with Crippen LogP contribution in [0.3, 0.4) is 0 Å². The van der Waals surface area contributed by atoms with Gasteiger partial charge in [0.1, 0.15) is 6.04 Å². The van der Waals surface area contributed by atoms with Gasteiger partial charge in [0.25, 0.3) is 5.91 Å². The number of halogens is 1. The third-order valence-electron chi connectivity index (χ3n) is 3.73. The van der Waals surface area contributed by atoms with Gasteiger partial charge in [0.2, 0.25) is 0 Å². The van der Waals surface area contributed by atoms with Crippen LogP contribution in [0.1, 0.15) is 37.1 Å². The molecule has 0 aromatic heterocycles. The Morgan fingerprint density at radius 2 is 1.68 bits per heavy atom. The van der Waals surface area contributed by atoms with Gasteiger partial charge in [-0.2, -0.15) is 0 Å². The summed E-state index contributed by atoms with van der Waals surface area (Å²) in [5.41, 5.74) is 2.27. The number of carbonyl (C=O) groups is 1. The molecular formula is C18H22ClN2O+. The molecule has 0 bridgehead atoms. The van der Waals surface area contributed by atoms with E-state index in [1.54, 1.807) is 0 Å². The van der Waals surface area contributed by atoms with E-state index in [2.05, 4.69) is 24.4 Å². The summed E-state index contributed by atoms with van der Waals surface area (Å²) in [4.78, 5) is 12.1. The van der Waals surface area contributed by atoms with E-state index >= 15 is 0 Å². The molecule has 4 heteroatoms. The molecule has 0 aliphatic heterocycles. The van der Waals surface area contributed by atoms with Gasteiger partial charge in [-0.25, -0.2) is 0 Å². The first kappa shape index (κ1) is 16.5. The van der Waals surface area contributed by atoms with E-state index in [0.717, 1.165) is 5.56 Å². The highest BCUT2D eigenvalue weighted by Crippen LogP contribution is 2.15. The monoisotopic (exact) mass is 317 g/mol. The van der Waals surface area contributed by atoms with Crippen molar-refractivity contribution in [2.75, 3.05) is 6.54 Å². The van der Waals surface area contributed by atoms with E-state index < -0.39 is 0 Å². The summed E-state index contributed by atoms with van der Waals surface area (Å²) in [6, 6.07) is 18.0. The number of rotatable bonds is 6. The fourth-order valence-electron chi connectivity index (χ4n) is 2.31. The molecule has 2 atom stereocenters. The predicted octanol–water partition coefficient (Wildman–Crippen LogP) is 2.84. The van der Waals surface area contributed by atoms with Gasteiger partial charge in [0.15, 0.2) is 6.54 Å². The van der Waals surface area contributed by atoms with Crippen molar-refractivity contribution in [2.24, 2.45) is 0 Å². The zero-order chi connectivity index (χ0) is 15.9. The fraction of sp³-hybridized carbons (Fsp3) is 0.278. The number of carbonyl (C=O) groups excluding carboxylic acids is 1. The molecule has 0 radical (unpaired) electrons. The van der Waals surface area contributed by atoms with Crippen molar-refractivity contribution in [1.82, 2.24) is 5.32 Å². The maximum absolute atomic E-state index is 12.1. The molecule has 0 aliphatic rings. The van der Waals surface area contributed by atoms with Gasteiger partial charge in [-0.1, -0.05) is 54.1 Å². The molecule has 2 aromatic carbocycles. The van der Waals surface area contributed by atoms with E-state index in [4.69, 9.17) is 11.6 Å². The third kappa shape index (κ3) is 4.86. The van der Waals surface area contributed by atoms with Gasteiger partial charge in [-0.05, 0) is 31.5 Å². The van der Waals surface area contributed by atoms with Crippen LogP contribution in [0.25, 0.3) is 0 Å². The second-order valence-electron chi connectivity index (χ2n) is 5.48.